The van der Waals surface area contributed by atoms with Crippen LogP contribution in [0.25, 0.3) is 0 Å². The van der Waals surface area contributed by atoms with E-state index in [0.29, 0.717) is 11.8 Å². The van der Waals surface area contributed by atoms with Gasteiger partial charge in [-0.3, -0.25) is 0 Å². The fraction of sp³-hybridized carbons (Fsp3) is 0.611. The molecule has 22 heavy (non-hydrogen) atoms. The number of ether oxygens (including phenoxy) is 1. The fourth-order valence-corrected chi connectivity index (χ4v) is 2.85. The van der Waals surface area contributed by atoms with Gasteiger partial charge >= 0.3 is 6.09 Å². The molecule has 3 atom stereocenters. The first kappa shape index (κ1) is 16.8. The van der Waals surface area contributed by atoms with E-state index in [4.69, 9.17) is 4.74 Å². The zero-order valence-corrected chi connectivity index (χ0v) is 14.3. The first-order valence-corrected chi connectivity index (χ1v) is 8.01. The van der Waals surface area contributed by atoms with Crippen LogP contribution in [0.4, 0.5) is 4.79 Å². The van der Waals surface area contributed by atoms with Crippen LogP contribution in [-0.2, 0) is 4.74 Å². The lowest BCUT2D eigenvalue weighted by Gasteiger charge is -2.31. The van der Waals surface area contributed by atoms with Crippen molar-refractivity contribution in [2.45, 2.75) is 39.3 Å². The molecular formula is C18H28N2O2. The van der Waals surface area contributed by atoms with Crippen LogP contribution >= 0.6 is 0 Å². The Morgan fingerprint density at radius 1 is 1.32 bits per heavy atom. The summed E-state index contributed by atoms with van der Waals surface area (Å²) in [5.41, 5.74) is 0.804. The zero-order valence-electron chi connectivity index (χ0n) is 14.3. The first-order chi connectivity index (χ1) is 10.3. The molecule has 1 unspecified atom stereocenters. The SMILES string of the molecule is CC1C=CC=C([C@H]2CNC[C@@H]2N(C)C(=O)OC(C)(C)C)C=C1. The van der Waals surface area contributed by atoms with Gasteiger partial charge in [-0.15, -0.1) is 0 Å². The molecule has 4 heteroatoms. The molecule has 2 rings (SSSR count). The Balaban J connectivity index is 2.10. The molecule has 1 amide bonds. The second-order valence-electron chi connectivity index (χ2n) is 7.19. The molecule has 1 N–H and O–H groups in total. The molecule has 1 aliphatic carbocycles. The average molecular weight is 304 g/mol. The summed E-state index contributed by atoms with van der Waals surface area (Å²) >= 11 is 0. The molecule has 1 fully saturated rings. The summed E-state index contributed by atoms with van der Waals surface area (Å²) in [6.45, 7) is 9.53. The number of allylic oxidation sites excluding steroid dienone is 5. The van der Waals surface area contributed by atoms with E-state index in [9.17, 15) is 4.79 Å². The van der Waals surface area contributed by atoms with Crippen LogP contribution in [0.1, 0.15) is 27.7 Å². The number of rotatable bonds is 2. The van der Waals surface area contributed by atoms with E-state index in [2.05, 4.69) is 42.6 Å². The van der Waals surface area contributed by atoms with Crippen molar-refractivity contribution in [3.05, 3.63) is 36.0 Å². The highest BCUT2D eigenvalue weighted by Gasteiger charge is 2.35. The molecule has 1 saturated heterocycles. The standard InChI is InChI=1S/C18H28N2O2/c1-13-7-6-8-14(10-9-13)15-11-19-12-16(15)20(5)17(21)22-18(2,3)4/h6-10,13,15-16,19H,11-12H2,1-5H3/t13?,15-,16+/m1/s1. The van der Waals surface area contributed by atoms with E-state index >= 15 is 0 Å². The van der Waals surface area contributed by atoms with Crippen molar-refractivity contribution in [1.29, 1.82) is 0 Å². The number of nitrogens with one attached hydrogen (secondary N) is 1. The molecule has 0 aromatic heterocycles. The lowest BCUT2D eigenvalue weighted by Crippen LogP contribution is -2.44. The van der Waals surface area contributed by atoms with Crippen LogP contribution in [0.3, 0.4) is 0 Å². The molecule has 2 aliphatic rings. The molecule has 1 heterocycles. The Morgan fingerprint density at radius 3 is 2.73 bits per heavy atom. The van der Waals surface area contributed by atoms with E-state index in [-0.39, 0.29) is 12.1 Å². The van der Waals surface area contributed by atoms with E-state index in [0.717, 1.165) is 13.1 Å². The van der Waals surface area contributed by atoms with Gasteiger partial charge in [0.1, 0.15) is 5.60 Å². The van der Waals surface area contributed by atoms with Gasteiger partial charge < -0.3 is 15.0 Å². The highest BCUT2D eigenvalue weighted by atomic mass is 16.6. The Labute approximate surface area is 133 Å². The largest absolute Gasteiger partial charge is 0.444 e. The highest BCUT2D eigenvalue weighted by molar-refractivity contribution is 5.68. The van der Waals surface area contributed by atoms with Gasteiger partial charge in [0, 0.05) is 26.1 Å². The van der Waals surface area contributed by atoms with Crippen molar-refractivity contribution in [3.63, 3.8) is 0 Å². The lowest BCUT2D eigenvalue weighted by molar-refractivity contribution is 0.0214. The van der Waals surface area contributed by atoms with Crippen LogP contribution in [0.2, 0.25) is 0 Å². The van der Waals surface area contributed by atoms with Crippen molar-refractivity contribution in [2.24, 2.45) is 11.8 Å². The normalized spacial score (nSPS) is 28.2. The van der Waals surface area contributed by atoms with Crippen molar-refractivity contribution in [2.75, 3.05) is 20.1 Å². The van der Waals surface area contributed by atoms with Crippen LogP contribution in [-0.4, -0.2) is 42.8 Å². The minimum Gasteiger partial charge on any atom is -0.444 e. The lowest BCUT2D eigenvalue weighted by atomic mass is 9.92. The summed E-state index contributed by atoms with van der Waals surface area (Å²) in [5.74, 6) is 0.744. The van der Waals surface area contributed by atoms with Gasteiger partial charge in [-0.2, -0.15) is 0 Å². The van der Waals surface area contributed by atoms with Crippen LogP contribution in [0.5, 0.6) is 0 Å². The number of hydrogen-bond acceptors (Lipinski definition) is 3. The molecular weight excluding hydrogens is 276 g/mol. The van der Waals surface area contributed by atoms with Gasteiger partial charge in [0.05, 0.1) is 6.04 Å². The monoisotopic (exact) mass is 304 g/mol. The molecule has 4 nitrogen and oxygen atoms in total. The third-order valence-electron chi connectivity index (χ3n) is 4.08. The van der Waals surface area contributed by atoms with E-state index < -0.39 is 5.60 Å². The number of nitrogens with zero attached hydrogens (tertiary/aromatic N) is 1. The van der Waals surface area contributed by atoms with Crippen LogP contribution in [0, 0.1) is 11.8 Å². The van der Waals surface area contributed by atoms with Gasteiger partial charge in [0.25, 0.3) is 0 Å². The van der Waals surface area contributed by atoms with E-state index in [1.165, 1.54) is 5.57 Å². The maximum atomic E-state index is 12.3. The molecule has 0 aromatic rings. The van der Waals surface area contributed by atoms with E-state index in [1.54, 1.807) is 4.90 Å². The summed E-state index contributed by atoms with van der Waals surface area (Å²) in [7, 11) is 1.83. The minimum atomic E-state index is -0.466. The summed E-state index contributed by atoms with van der Waals surface area (Å²) in [5, 5.41) is 3.40. The molecule has 0 saturated carbocycles. The highest BCUT2D eigenvalue weighted by Crippen LogP contribution is 2.27. The first-order valence-electron chi connectivity index (χ1n) is 8.01. The van der Waals surface area contributed by atoms with E-state index in [1.807, 2.05) is 27.8 Å². The van der Waals surface area contributed by atoms with Crippen molar-refractivity contribution < 1.29 is 9.53 Å². The molecule has 0 spiro atoms. The predicted molar refractivity (Wildman–Crippen MR) is 89.7 cm³/mol. The second-order valence-corrected chi connectivity index (χ2v) is 7.19. The molecule has 0 radical (unpaired) electrons. The Hall–Kier alpha value is -1.55. The summed E-state index contributed by atoms with van der Waals surface area (Å²) in [4.78, 5) is 14.1. The number of likely N-dealkylation sites (N-methyl/N-ethyl adjacent to an activating group) is 1. The second kappa shape index (κ2) is 6.69. The van der Waals surface area contributed by atoms with Crippen molar-refractivity contribution >= 4 is 6.09 Å². The number of carbonyl (C=O) groups excluding carboxylic acids is 1. The maximum absolute atomic E-state index is 12.3. The maximum Gasteiger partial charge on any atom is 0.410 e. The predicted octanol–water partition coefficient (Wildman–Crippen LogP) is 3.13. The molecule has 0 bridgehead atoms. The summed E-state index contributed by atoms with van der Waals surface area (Å²) < 4.78 is 5.50. The third-order valence-corrected chi connectivity index (χ3v) is 4.08. The molecule has 1 aliphatic heterocycles. The fourth-order valence-electron chi connectivity index (χ4n) is 2.85. The Bertz CT molecular complexity index is 500. The quantitative estimate of drug-likeness (QED) is 0.852. The third kappa shape index (κ3) is 4.23. The minimum absolute atomic E-state index is 0.118. The summed E-state index contributed by atoms with van der Waals surface area (Å²) in [6, 6.07) is 0.118. The average Bonchev–Trinajstić information content (AvgIpc) is 2.79. The summed E-state index contributed by atoms with van der Waals surface area (Å²) in [6.07, 6.45) is 10.6. The Morgan fingerprint density at radius 2 is 2.05 bits per heavy atom. The van der Waals surface area contributed by atoms with Crippen LogP contribution in [0.15, 0.2) is 36.0 Å². The Kier molecular flexibility index (Phi) is 5.12. The molecule has 0 aromatic carbocycles. The van der Waals surface area contributed by atoms with Gasteiger partial charge in [-0.05, 0) is 32.3 Å². The number of carbonyl (C=O) groups is 1. The van der Waals surface area contributed by atoms with Gasteiger partial charge in [0.15, 0.2) is 0 Å². The van der Waals surface area contributed by atoms with Gasteiger partial charge in [-0.25, -0.2) is 4.79 Å². The number of hydrogen-bond donors (Lipinski definition) is 1. The zero-order chi connectivity index (χ0) is 16.3. The topological polar surface area (TPSA) is 41.6 Å². The smallest absolute Gasteiger partial charge is 0.410 e. The van der Waals surface area contributed by atoms with Crippen LogP contribution < -0.4 is 5.32 Å². The molecule has 122 valence electrons. The van der Waals surface area contributed by atoms with Crippen molar-refractivity contribution in [3.8, 4) is 0 Å². The van der Waals surface area contributed by atoms with Gasteiger partial charge in [-0.1, -0.05) is 37.3 Å². The van der Waals surface area contributed by atoms with Crippen molar-refractivity contribution in [1.82, 2.24) is 10.2 Å². The number of amides is 1. The van der Waals surface area contributed by atoms with Gasteiger partial charge in [0.2, 0.25) is 0 Å².